The van der Waals surface area contributed by atoms with Gasteiger partial charge in [0.05, 0.1) is 7.11 Å². The molecule has 0 bridgehead atoms. The molecule has 4 nitrogen and oxygen atoms in total. The Kier molecular flexibility index (Phi) is 12.2. The van der Waals surface area contributed by atoms with Crippen LogP contribution in [0.3, 0.4) is 0 Å². The van der Waals surface area contributed by atoms with Gasteiger partial charge in [0.25, 0.3) is 0 Å². The average molecular weight is 232 g/mol. The van der Waals surface area contributed by atoms with Crippen molar-refractivity contribution in [1.82, 2.24) is 0 Å². The topological polar surface area (TPSA) is 55.8 Å². The van der Waals surface area contributed by atoms with E-state index in [0.29, 0.717) is 11.5 Å². The Bertz CT molecular complexity index is 298. The summed E-state index contributed by atoms with van der Waals surface area (Å²) < 4.78 is 9.83. The van der Waals surface area contributed by atoms with Crippen molar-refractivity contribution in [3.63, 3.8) is 0 Å². The maximum atomic E-state index is 10.1. The number of benzene rings is 1. The van der Waals surface area contributed by atoms with E-state index >= 15 is 0 Å². The van der Waals surface area contributed by atoms with Gasteiger partial charge in [0.1, 0.15) is 11.5 Å². The van der Waals surface area contributed by atoms with Gasteiger partial charge in [0.2, 0.25) is 0 Å². The fraction of sp³-hybridized carbons (Fsp3) is 0.333. The van der Waals surface area contributed by atoms with Crippen molar-refractivity contribution in [3.05, 3.63) is 31.2 Å². The molecule has 0 aliphatic rings. The Balaban J connectivity index is 0. The molecule has 0 radical (unpaired) electrons. The van der Waals surface area contributed by atoms with Gasteiger partial charge in [0, 0.05) is 0 Å². The molecule has 0 amide bonds. The second kappa shape index (κ2) is 11.4. The molecule has 1 aromatic rings. The second-order valence-corrected chi connectivity index (χ2v) is 2.86. The number of carbonyl (C=O) groups is 1. The number of carboxylic acid groups (broad SMARTS) is 1. The summed E-state index contributed by atoms with van der Waals surface area (Å²) >= 11 is 0. The summed E-state index contributed by atoms with van der Waals surface area (Å²) in [4.78, 5) is 10.1. The number of methoxy groups -OCH3 is 1. The standard InChI is InChI=1S/C9H10O4.C3H7.Li/c1-12-7-2-4-8(5-3-7)13-6-9(10)11;1-3-2;/h2-5H,6H2,1H3,(H,10,11);1,3H2,2H3;/q;-1;+1. The Labute approximate surface area is 114 Å². The fourth-order valence-electron chi connectivity index (χ4n) is 0.817. The molecule has 1 N–H and O–H groups in total. The maximum absolute atomic E-state index is 10.1. The summed E-state index contributed by atoms with van der Waals surface area (Å²) in [5, 5.41) is 8.33. The Hall–Kier alpha value is -1.11. The van der Waals surface area contributed by atoms with Crippen molar-refractivity contribution in [2.24, 2.45) is 0 Å². The minimum Gasteiger partial charge on any atom is -0.497 e. The number of ether oxygens (including phenoxy) is 2. The molecular weight excluding hydrogens is 215 g/mol. The first-order valence-corrected chi connectivity index (χ1v) is 4.91. The van der Waals surface area contributed by atoms with Gasteiger partial charge in [-0.15, -0.1) is 0 Å². The van der Waals surface area contributed by atoms with E-state index in [1.165, 1.54) is 0 Å². The van der Waals surface area contributed by atoms with Gasteiger partial charge >= 0.3 is 24.8 Å². The summed E-state index contributed by atoms with van der Waals surface area (Å²) in [5.41, 5.74) is 0. The number of aliphatic carboxylic acids is 1. The molecule has 17 heavy (non-hydrogen) atoms. The predicted molar refractivity (Wildman–Crippen MR) is 61.8 cm³/mol. The number of hydrogen-bond acceptors (Lipinski definition) is 3. The van der Waals surface area contributed by atoms with Crippen LogP contribution in [0.1, 0.15) is 13.3 Å². The Morgan fingerprint density at radius 3 is 2.06 bits per heavy atom. The molecular formula is C12H17LiO4. The van der Waals surface area contributed by atoms with Crippen molar-refractivity contribution < 1.29 is 38.2 Å². The number of hydrogen-bond donors (Lipinski definition) is 1. The zero-order valence-electron chi connectivity index (χ0n) is 10.6. The third-order valence-electron chi connectivity index (χ3n) is 1.42. The minimum absolute atomic E-state index is 0. The van der Waals surface area contributed by atoms with Crippen molar-refractivity contribution in [2.45, 2.75) is 13.3 Å². The van der Waals surface area contributed by atoms with Gasteiger partial charge in [-0.2, -0.15) is 6.42 Å². The van der Waals surface area contributed by atoms with Gasteiger partial charge in [0.15, 0.2) is 6.61 Å². The smallest absolute Gasteiger partial charge is 0.497 e. The van der Waals surface area contributed by atoms with Crippen LogP contribution in [0.5, 0.6) is 11.5 Å². The SMILES string of the molecule is COc1ccc(OCC(=O)O)cc1.[CH2-]CC.[Li+]. The maximum Gasteiger partial charge on any atom is 1.00 e. The third kappa shape index (κ3) is 9.80. The molecule has 0 spiro atoms. The summed E-state index contributed by atoms with van der Waals surface area (Å²) in [5.74, 6) is 0.238. The van der Waals surface area contributed by atoms with E-state index in [1.54, 1.807) is 31.4 Å². The van der Waals surface area contributed by atoms with E-state index in [9.17, 15) is 4.79 Å². The third-order valence-corrected chi connectivity index (χ3v) is 1.42. The minimum atomic E-state index is -0.990. The van der Waals surface area contributed by atoms with Gasteiger partial charge in [-0.25, -0.2) is 4.79 Å². The summed E-state index contributed by atoms with van der Waals surface area (Å²) in [6, 6.07) is 6.72. The molecule has 0 aliphatic carbocycles. The van der Waals surface area contributed by atoms with Crippen LogP contribution in [0.4, 0.5) is 0 Å². The molecule has 0 aromatic heterocycles. The van der Waals surface area contributed by atoms with E-state index in [1.807, 2.05) is 6.92 Å². The number of carboxylic acids is 1. The zero-order chi connectivity index (χ0) is 12.4. The normalized spacial score (nSPS) is 8.18. The first-order chi connectivity index (χ1) is 7.63. The molecule has 5 heteroatoms. The molecule has 0 atom stereocenters. The van der Waals surface area contributed by atoms with E-state index in [-0.39, 0.29) is 25.5 Å². The summed E-state index contributed by atoms with van der Waals surface area (Å²) in [6.45, 7) is 5.17. The monoisotopic (exact) mass is 232 g/mol. The molecule has 0 unspecified atom stereocenters. The molecule has 1 aromatic carbocycles. The molecule has 0 heterocycles. The van der Waals surface area contributed by atoms with Crippen molar-refractivity contribution in [2.75, 3.05) is 13.7 Å². The van der Waals surface area contributed by atoms with Crippen LogP contribution >= 0.6 is 0 Å². The molecule has 1 rings (SSSR count). The van der Waals surface area contributed by atoms with E-state index < -0.39 is 5.97 Å². The van der Waals surface area contributed by atoms with Crippen LogP contribution in [0, 0.1) is 6.92 Å². The molecule has 90 valence electrons. The quantitative estimate of drug-likeness (QED) is 0.556. The second-order valence-electron chi connectivity index (χ2n) is 2.86. The van der Waals surface area contributed by atoms with Crippen LogP contribution in [-0.2, 0) is 4.79 Å². The Morgan fingerprint density at radius 1 is 1.29 bits per heavy atom. The molecule has 0 fully saturated rings. The number of rotatable bonds is 4. The zero-order valence-corrected chi connectivity index (χ0v) is 10.6. The van der Waals surface area contributed by atoms with Gasteiger partial charge in [-0.3, -0.25) is 0 Å². The van der Waals surface area contributed by atoms with Crippen LogP contribution < -0.4 is 28.3 Å². The first-order valence-electron chi connectivity index (χ1n) is 4.91. The Morgan fingerprint density at radius 2 is 1.71 bits per heavy atom. The largest absolute Gasteiger partial charge is 1.00 e. The van der Waals surface area contributed by atoms with Crippen LogP contribution in [-0.4, -0.2) is 24.8 Å². The summed E-state index contributed by atoms with van der Waals surface area (Å²) in [6.07, 6.45) is 1.00. The summed E-state index contributed by atoms with van der Waals surface area (Å²) in [7, 11) is 1.56. The molecule has 0 saturated carbocycles. The van der Waals surface area contributed by atoms with E-state index in [4.69, 9.17) is 14.6 Å². The molecule has 0 saturated heterocycles. The van der Waals surface area contributed by atoms with Gasteiger partial charge in [-0.05, 0) is 24.3 Å². The van der Waals surface area contributed by atoms with Crippen molar-refractivity contribution >= 4 is 5.97 Å². The fourth-order valence-corrected chi connectivity index (χ4v) is 0.817. The predicted octanol–water partition coefficient (Wildman–Crippen LogP) is -0.607. The van der Waals surface area contributed by atoms with Crippen LogP contribution in [0.15, 0.2) is 24.3 Å². The van der Waals surface area contributed by atoms with Crippen molar-refractivity contribution in [3.8, 4) is 11.5 Å². The van der Waals surface area contributed by atoms with Crippen LogP contribution in [0.2, 0.25) is 0 Å². The van der Waals surface area contributed by atoms with E-state index in [0.717, 1.165) is 6.42 Å². The molecule has 0 aliphatic heterocycles. The van der Waals surface area contributed by atoms with E-state index in [2.05, 4.69) is 6.92 Å². The van der Waals surface area contributed by atoms with Gasteiger partial charge < -0.3 is 21.5 Å². The van der Waals surface area contributed by atoms with Crippen molar-refractivity contribution in [1.29, 1.82) is 0 Å². The average Bonchev–Trinajstić information content (AvgIpc) is 2.28. The van der Waals surface area contributed by atoms with Gasteiger partial charge in [-0.1, -0.05) is 6.92 Å². The first kappa shape index (κ1) is 18.3. The van der Waals surface area contributed by atoms with Crippen LogP contribution in [0.25, 0.3) is 0 Å².